The van der Waals surface area contributed by atoms with Crippen LogP contribution in [0.3, 0.4) is 0 Å². The highest BCUT2D eigenvalue weighted by Crippen LogP contribution is 2.09. The number of carbonyl (C=O) groups excluding carboxylic acids is 1. The van der Waals surface area contributed by atoms with Gasteiger partial charge in [-0.15, -0.1) is 0 Å². The van der Waals surface area contributed by atoms with Crippen molar-refractivity contribution < 1.29 is 18.3 Å². The monoisotopic (exact) mass is 215 g/mol. The van der Waals surface area contributed by atoms with Crippen molar-refractivity contribution in [1.29, 1.82) is 0 Å². The molecule has 0 aromatic heterocycles. The van der Waals surface area contributed by atoms with Gasteiger partial charge < -0.3 is 10.1 Å². The van der Waals surface area contributed by atoms with Crippen LogP contribution in [-0.2, 0) is 4.74 Å². The molecule has 0 radical (unpaired) electrons. The SMILES string of the molecule is CNCCOC(=O)c1ccc(F)c(F)c1. The fourth-order valence-electron chi connectivity index (χ4n) is 0.952. The predicted molar refractivity (Wildman–Crippen MR) is 50.6 cm³/mol. The molecule has 3 nitrogen and oxygen atoms in total. The second kappa shape index (κ2) is 5.41. The van der Waals surface area contributed by atoms with Crippen LogP contribution in [0.25, 0.3) is 0 Å². The van der Waals surface area contributed by atoms with Crippen molar-refractivity contribution in [3.63, 3.8) is 0 Å². The van der Waals surface area contributed by atoms with Crippen molar-refractivity contribution in [1.82, 2.24) is 5.32 Å². The Bertz CT molecular complexity index is 355. The van der Waals surface area contributed by atoms with Crippen LogP contribution in [0, 0.1) is 11.6 Å². The first-order valence-corrected chi connectivity index (χ1v) is 4.42. The van der Waals surface area contributed by atoms with Gasteiger partial charge in [0.25, 0.3) is 0 Å². The molecule has 15 heavy (non-hydrogen) atoms. The van der Waals surface area contributed by atoms with Crippen LogP contribution in [0.5, 0.6) is 0 Å². The number of hydrogen-bond acceptors (Lipinski definition) is 3. The van der Waals surface area contributed by atoms with Crippen LogP contribution in [0.15, 0.2) is 18.2 Å². The molecule has 0 heterocycles. The molecule has 0 unspecified atom stereocenters. The van der Waals surface area contributed by atoms with Crippen molar-refractivity contribution in [3.8, 4) is 0 Å². The standard InChI is InChI=1S/C10H11F2NO2/c1-13-4-5-15-10(14)7-2-3-8(11)9(12)6-7/h2-3,6,13H,4-5H2,1H3. The molecule has 0 spiro atoms. The number of carbonyl (C=O) groups is 1. The maximum absolute atomic E-state index is 12.7. The van der Waals surface area contributed by atoms with Gasteiger partial charge in [-0.1, -0.05) is 0 Å². The number of rotatable bonds is 4. The molecule has 0 amide bonds. The molecule has 0 saturated heterocycles. The number of halogens is 2. The van der Waals surface area contributed by atoms with Gasteiger partial charge in [0.1, 0.15) is 6.61 Å². The molecule has 0 aliphatic rings. The van der Waals surface area contributed by atoms with Gasteiger partial charge in [0.2, 0.25) is 0 Å². The maximum atomic E-state index is 12.7. The first kappa shape index (κ1) is 11.6. The highest BCUT2D eigenvalue weighted by Gasteiger charge is 2.10. The van der Waals surface area contributed by atoms with Crippen LogP contribution in [0.1, 0.15) is 10.4 Å². The predicted octanol–water partition coefficient (Wildman–Crippen LogP) is 1.34. The molecule has 0 aliphatic heterocycles. The van der Waals surface area contributed by atoms with Gasteiger partial charge in [0.15, 0.2) is 11.6 Å². The minimum absolute atomic E-state index is 0.00463. The fraction of sp³-hybridized carbons (Fsp3) is 0.300. The van der Waals surface area contributed by atoms with Crippen LogP contribution < -0.4 is 5.32 Å². The second-order valence-corrected chi connectivity index (χ2v) is 2.87. The van der Waals surface area contributed by atoms with E-state index in [4.69, 9.17) is 4.74 Å². The van der Waals surface area contributed by atoms with E-state index in [-0.39, 0.29) is 12.2 Å². The van der Waals surface area contributed by atoms with E-state index in [0.29, 0.717) is 6.54 Å². The summed E-state index contributed by atoms with van der Waals surface area (Å²) >= 11 is 0. The van der Waals surface area contributed by atoms with Gasteiger partial charge in [-0.05, 0) is 25.2 Å². The summed E-state index contributed by atoms with van der Waals surface area (Å²) in [5.41, 5.74) is 0.00463. The summed E-state index contributed by atoms with van der Waals surface area (Å²) in [7, 11) is 1.71. The topological polar surface area (TPSA) is 38.3 Å². The molecule has 82 valence electrons. The molecule has 5 heteroatoms. The Hall–Kier alpha value is -1.49. The van der Waals surface area contributed by atoms with E-state index < -0.39 is 17.6 Å². The zero-order valence-corrected chi connectivity index (χ0v) is 8.22. The Kier molecular flexibility index (Phi) is 4.17. The molecular weight excluding hydrogens is 204 g/mol. The van der Waals surface area contributed by atoms with Gasteiger partial charge in [-0.25, -0.2) is 13.6 Å². The van der Waals surface area contributed by atoms with E-state index in [2.05, 4.69) is 5.32 Å². The number of benzene rings is 1. The Balaban J connectivity index is 2.62. The summed E-state index contributed by atoms with van der Waals surface area (Å²) in [5, 5.41) is 2.78. The lowest BCUT2D eigenvalue weighted by Gasteiger charge is -2.04. The van der Waals surface area contributed by atoms with Gasteiger partial charge in [0.05, 0.1) is 5.56 Å². The van der Waals surface area contributed by atoms with Gasteiger partial charge in [-0.2, -0.15) is 0 Å². The normalized spacial score (nSPS) is 10.1. The Morgan fingerprint density at radius 2 is 2.13 bits per heavy atom. The summed E-state index contributed by atoms with van der Waals surface area (Å²) in [6, 6.07) is 2.89. The van der Waals surface area contributed by atoms with Crippen LogP contribution in [0.2, 0.25) is 0 Å². The molecular formula is C10H11F2NO2. The second-order valence-electron chi connectivity index (χ2n) is 2.87. The third-order valence-electron chi connectivity index (χ3n) is 1.74. The number of esters is 1. The highest BCUT2D eigenvalue weighted by atomic mass is 19.2. The quantitative estimate of drug-likeness (QED) is 0.608. The van der Waals surface area contributed by atoms with Crippen molar-refractivity contribution in [2.24, 2.45) is 0 Å². The zero-order valence-electron chi connectivity index (χ0n) is 8.22. The number of nitrogens with one attached hydrogen (secondary N) is 1. The van der Waals surface area contributed by atoms with Gasteiger partial charge >= 0.3 is 5.97 Å². The summed E-state index contributed by atoms with van der Waals surface area (Å²) in [6.07, 6.45) is 0. The third-order valence-corrected chi connectivity index (χ3v) is 1.74. The van der Waals surface area contributed by atoms with Crippen LogP contribution >= 0.6 is 0 Å². The molecule has 0 bridgehead atoms. The smallest absolute Gasteiger partial charge is 0.338 e. The Morgan fingerprint density at radius 1 is 1.40 bits per heavy atom. The van der Waals surface area contributed by atoms with E-state index in [1.807, 2.05) is 0 Å². The molecule has 1 N–H and O–H groups in total. The summed E-state index contributed by atoms with van der Waals surface area (Å²) < 4.78 is 30.0. The average Bonchev–Trinajstić information content (AvgIpc) is 2.22. The van der Waals surface area contributed by atoms with Crippen molar-refractivity contribution >= 4 is 5.97 Å². The molecule has 1 aromatic rings. The molecule has 0 aliphatic carbocycles. The Labute approximate surface area is 86.0 Å². The summed E-state index contributed by atoms with van der Waals surface area (Å²) in [5.74, 6) is -2.70. The van der Waals surface area contributed by atoms with Crippen LogP contribution in [-0.4, -0.2) is 26.2 Å². The summed E-state index contributed by atoms with van der Waals surface area (Å²) in [6.45, 7) is 0.698. The lowest BCUT2D eigenvalue weighted by Crippen LogP contribution is -2.17. The van der Waals surface area contributed by atoms with Crippen LogP contribution in [0.4, 0.5) is 8.78 Å². The van der Waals surface area contributed by atoms with E-state index in [1.165, 1.54) is 6.07 Å². The van der Waals surface area contributed by atoms with E-state index in [0.717, 1.165) is 12.1 Å². The van der Waals surface area contributed by atoms with Crippen molar-refractivity contribution in [3.05, 3.63) is 35.4 Å². The van der Waals surface area contributed by atoms with E-state index in [1.54, 1.807) is 7.05 Å². The number of ether oxygens (including phenoxy) is 1. The van der Waals surface area contributed by atoms with Gasteiger partial charge in [-0.3, -0.25) is 0 Å². The first-order valence-electron chi connectivity index (χ1n) is 4.42. The van der Waals surface area contributed by atoms with E-state index >= 15 is 0 Å². The minimum Gasteiger partial charge on any atom is -0.461 e. The first-order chi connectivity index (χ1) is 7.15. The lowest BCUT2D eigenvalue weighted by atomic mass is 10.2. The van der Waals surface area contributed by atoms with Gasteiger partial charge in [0, 0.05) is 6.54 Å². The minimum atomic E-state index is -1.06. The van der Waals surface area contributed by atoms with Crippen molar-refractivity contribution in [2.75, 3.05) is 20.2 Å². The lowest BCUT2D eigenvalue weighted by molar-refractivity contribution is 0.0510. The zero-order chi connectivity index (χ0) is 11.3. The fourth-order valence-corrected chi connectivity index (χ4v) is 0.952. The van der Waals surface area contributed by atoms with Crippen molar-refractivity contribution in [2.45, 2.75) is 0 Å². The van der Waals surface area contributed by atoms with E-state index in [9.17, 15) is 13.6 Å². The highest BCUT2D eigenvalue weighted by molar-refractivity contribution is 5.89. The maximum Gasteiger partial charge on any atom is 0.338 e. The molecule has 0 fully saturated rings. The molecule has 0 saturated carbocycles. The summed E-state index contributed by atoms with van der Waals surface area (Å²) in [4.78, 5) is 11.2. The molecule has 0 atom stereocenters. The molecule has 1 aromatic carbocycles. The largest absolute Gasteiger partial charge is 0.461 e. The number of hydrogen-bond donors (Lipinski definition) is 1. The Morgan fingerprint density at radius 3 is 2.73 bits per heavy atom. The molecule has 1 rings (SSSR count). The third kappa shape index (κ3) is 3.28. The number of likely N-dealkylation sites (N-methyl/N-ethyl adjacent to an activating group) is 1. The average molecular weight is 215 g/mol.